The summed E-state index contributed by atoms with van der Waals surface area (Å²) in [5, 5.41) is 30.3. The number of allylic oxidation sites excluding steroid dienone is 12. The first-order chi connectivity index (χ1) is 25.1. The molecular formula is C39H64O12S. The molecular weight excluding hydrogens is 692 g/mol. The Hall–Kier alpha value is -2.46. The number of rotatable bonds is 30. The lowest BCUT2D eigenvalue weighted by atomic mass is 9.99. The van der Waals surface area contributed by atoms with Gasteiger partial charge in [0.2, 0.25) is 0 Å². The van der Waals surface area contributed by atoms with Crippen LogP contribution in [-0.2, 0) is 38.3 Å². The molecule has 0 radical (unpaired) electrons. The minimum Gasteiger partial charge on any atom is -0.457 e. The smallest absolute Gasteiger partial charge is 0.397 e. The molecule has 0 aromatic heterocycles. The number of carbonyl (C=O) groups excluding carboxylic acids is 1. The lowest BCUT2D eigenvalue weighted by molar-refractivity contribution is -0.301. The molecule has 6 unspecified atom stereocenters. The Labute approximate surface area is 311 Å². The zero-order valence-electron chi connectivity index (χ0n) is 31.1. The van der Waals surface area contributed by atoms with Crippen molar-refractivity contribution in [3.8, 4) is 0 Å². The molecule has 4 N–H and O–H groups in total. The van der Waals surface area contributed by atoms with Crippen molar-refractivity contribution in [2.24, 2.45) is 0 Å². The molecule has 0 spiro atoms. The van der Waals surface area contributed by atoms with Gasteiger partial charge >= 0.3 is 16.4 Å². The number of hydrogen-bond donors (Lipinski definition) is 4. The third kappa shape index (κ3) is 24.7. The number of aliphatic hydroxyl groups is 3. The Morgan fingerprint density at radius 2 is 1.33 bits per heavy atom. The zero-order chi connectivity index (χ0) is 38.3. The first kappa shape index (κ1) is 47.6. The molecule has 1 fully saturated rings. The number of ether oxygens (including phenoxy) is 4. The van der Waals surface area contributed by atoms with E-state index in [-0.39, 0.29) is 19.6 Å². The van der Waals surface area contributed by atoms with Gasteiger partial charge in [0.15, 0.2) is 6.29 Å². The summed E-state index contributed by atoms with van der Waals surface area (Å²) >= 11 is 0. The van der Waals surface area contributed by atoms with E-state index in [4.69, 9.17) is 23.5 Å². The van der Waals surface area contributed by atoms with Crippen LogP contribution in [0, 0.1) is 0 Å². The number of hydrogen-bond acceptors (Lipinski definition) is 11. The van der Waals surface area contributed by atoms with Crippen LogP contribution in [0.15, 0.2) is 72.9 Å². The van der Waals surface area contributed by atoms with Crippen molar-refractivity contribution in [2.45, 2.75) is 141 Å². The Balaban J connectivity index is 2.35. The van der Waals surface area contributed by atoms with Gasteiger partial charge in [-0.25, -0.2) is 4.18 Å². The molecule has 1 heterocycles. The van der Waals surface area contributed by atoms with Crippen LogP contribution < -0.4 is 0 Å². The molecule has 0 aromatic carbocycles. The molecule has 6 atom stereocenters. The summed E-state index contributed by atoms with van der Waals surface area (Å²) in [6, 6.07) is 0. The molecule has 52 heavy (non-hydrogen) atoms. The van der Waals surface area contributed by atoms with Gasteiger partial charge in [-0.15, -0.1) is 0 Å². The van der Waals surface area contributed by atoms with Gasteiger partial charge in [0.05, 0.1) is 19.8 Å². The van der Waals surface area contributed by atoms with Crippen LogP contribution >= 0.6 is 0 Å². The van der Waals surface area contributed by atoms with E-state index in [2.05, 4.69) is 84.0 Å². The topological polar surface area (TPSA) is 178 Å². The maximum atomic E-state index is 12.4. The molecule has 1 aliphatic heterocycles. The van der Waals surface area contributed by atoms with Gasteiger partial charge in [-0.1, -0.05) is 106 Å². The second kappa shape index (κ2) is 30.9. The quantitative estimate of drug-likeness (QED) is 0.0275. The molecule has 0 amide bonds. The van der Waals surface area contributed by atoms with E-state index in [0.29, 0.717) is 13.0 Å². The van der Waals surface area contributed by atoms with Crippen molar-refractivity contribution in [3.63, 3.8) is 0 Å². The van der Waals surface area contributed by atoms with Gasteiger partial charge in [0.1, 0.15) is 30.5 Å². The summed E-state index contributed by atoms with van der Waals surface area (Å²) in [7, 11) is -5.06. The van der Waals surface area contributed by atoms with Crippen LogP contribution in [0.25, 0.3) is 0 Å². The van der Waals surface area contributed by atoms with Crippen LogP contribution in [0.1, 0.15) is 104 Å². The predicted molar refractivity (Wildman–Crippen MR) is 202 cm³/mol. The molecule has 0 aromatic rings. The molecule has 0 aliphatic carbocycles. The summed E-state index contributed by atoms with van der Waals surface area (Å²) in [4.78, 5) is 12.4. The van der Waals surface area contributed by atoms with Crippen LogP contribution in [0.4, 0.5) is 0 Å². The third-order valence-corrected chi connectivity index (χ3v) is 8.31. The average molecular weight is 757 g/mol. The van der Waals surface area contributed by atoms with Gasteiger partial charge in [-0.2, -0.15) is 8.42 Å². The highest BCUT2D eigenvalue weighted by Crippen LogP contribution is 2.26. The van der Waals surface area contributed by atoms with E-state index < -0.39 is 59.8 Å². The van der Waals surface area contributed by atoms with Crippen LogP contribution in [0.2, 0.25) is 0 Å². The standard InChI is InChI=1S/C39H64O12S/c1-3-5-7-8-9-10-11-12-13-14-15-16-17-18-19-20-21-22-23-24-25-27-29-47-31-33(49-35(41)28-26-6-4-2)32-48-39-37(43)38(51-52(44,45)46)36(42)34(30-40)50-39/h5,7,9-10,12-13,15-16,18-19,21-22,33-34,36-40,42-43H,3-4,6,8,11,14,17,20,23-32H2,1-2H3,(H,44,45,46)/b7-5-,10-9-,13-12-,16-15-,19-18-,22-21-. The summed E-state index contributed by atoms with van der Waals surface area (Å²) in [5.74, 6) is -0.441. The minimum absolute atomic E-state index is 0.00643. The van der Waals surface area contributed by atoms with Crippen LogP contribution in [0.5, 0.6) is 0 Å². The largest absolute Gasteiger partial charge is 0.457 e. The number of carbonyl (C=O) groups is 1. The van der Waals surface area contributed by atoms with Crippen molar-refractivity contribution >= 4 is 16.4 Å². The molecule has 1 aliphatic rings. The van der Waals surface area contributed by atoms with Crippen molar-refractivity contribution in [1.82, 2.24) is 0 Å². The summed E-state index contributed by atoms with van der Waals surface area (Å²) in [5.41, 5.74) is 0. The predicted octanol–water partition coefficient (Wildman–Crippen LogP) is 6.40. The highest BCUT2D eigenvalue weighted by molar-refractivity contribution is 7.80. The van der Waals surface area contributed by atoms with Crippen LogP contribution in [0.3, 0.4) is 0 Å². The highest BCUT2D eigenvalue weighted by atomic mass is 32.3. The second-order valence-corrected chi connectivity index (χ2v) is 13.5. The van der Waals surface area contributed by atoms with Crippen molar-refractivity contribution < 1.29 is 56.2 Å². The first-order valence-corrected chi connectivity index (χ1v) is 20.1. The Bertz CT molecular complexity index is 1190. The van der Waals surface area contributed by atoms with E-state index in [0.717, 1.165) is 77.0 Å². The van der Waals surface area contributed by atoms with E-state index >= 15 is 0 Å². The number of aliphatic hydroxyl groups excluding tert-OH is 3. The lowest BCUT2D eigenvalue weighted by Crippen LogP contribution is -2.60. The maximum absolute atomic E-state index is 12.4. The van der Waals surface area contributed by atoms with E-state index in [9.17, 15) is 28.5 Å². The van der Waals surface area contributed by atoms with Crippen molar-refractivity contribution in [3.05, 3.63) is 72.9 Å². The monoisotopic (exact) mass is 756 g/mol. The Morgan fingerprint density at radius 1 is 0.750 bits per heavy atom. The van der Waals surface area contributed by atoms with E-state index in [1.165, 1.54) is 0 Å². The highest BCUT2D eigenvalue weighted by Gasteiger charge is 2.48. The number of unbranched alkanes of at least 4 members (excludes halogenated alkanes) is 5. The summed E-state index contributed by atoms with van der Waals surface area (Å²) < 4.78 is 58.2. The Morgan fingerprint density at radius 3 is 1.87 bits per heavy atom. The van der Waals surface area contributed by atoms with Gasteiger partial charge in [0.25, 0.3) is 0 Å². The summed E-state index contributed by atoms with van der Waals surface area (Å²) in [6.07, 6.45) is 29.1. The molecule has 12 nitrogen and oxygen atoms in total. The molecule has 0 saturated carbocycles. The minimum atomic E-state index is -5.06. The van der Waals surface area contributed by atoms with Crippen molar-refractivity contribution in [1.29, 1.82) is 0 Å². The van der Waals surface area contributed by atoms with Gasteiger partial charge < -0.3 is 34.3 Å². The zero-order valence-corrected chi connectivity index (χ0v) is 31.9. The van der Waals surface area contributed by atoms with Gasteiger partial charge in [-0.05, 0) is 64.2 Å². The second-order valence-electron chi connectivity index (χ2n) is 12.4. The summed E-state index contributed by atoms with van der Waals surface area (Å²) in [6.45, 7) is 3.55. The fraction of sp³-hybridized carbons (Fsp3) is 0.667. The van der Waals surface area contributed by atoms with Gasteiger partial charge in [-0.3, -0.25) is 9.35 Å². The normalized spacial score (nSPS) is 22.3. The average Bonchev–Trinajstić information content (AvgIpc) is 3.11. The fourth-order valence-electron chi connectivity index (χ4n) is 5.02. The van der Waals surface area contributed by atoms with Crippen molar-refractivity contribution in [2.75, 3.05) is 26.4 Å². The maximum Gasteiger partial charge on any atom is 0.397 e. The number of esters is 1. The molecule has 13 heteroatoms. The molecule has 298 valence electrons. The Kier molecular flexibility index (Phi) is 28.3. The lowest BCUT2D eigenvalue weighted by Gasteiger charge is -2.41. The first-order valence-electron chi connectivity index (χ1n) is 18.7. The van der Waals surface area contributed by atoms with E-state index in [1.807, 2.05) is 6.92 Å². The molecule has 0 bridgehead atoms. The third-order valence-electron chi connectivity index (χ3n) is 7.84. The fourth-order valence-corrected chi connectivity index (χ4v) is 5.53. The molecule has 1 rings (SSSR count). The SMILES string of the molecule is CC/C=C\C/C=C\C/C=C\C/C=C\C/C=C\C/C=C\CCCCCOCC(COC1OC(CO)C(O)C(OS(=O)(=O)O)C1O)OC(=O)CCCCC. The van der Waals surface area contributed by atoms with E-state index in [1.54, 1.807) is 0 Å². The molecule has 1 saturated heterocycles. The van der Waals surface area contributed by atoms with Gasteiger partial charge in [0, 0.05) is 13.0 Å². The van der Waals surface area contributed by atoms with Crippen LogP contribution in [-0.4, -0.2) is 97.5 Å².